The number of ether oxygens (including phenoxy) is 4. The van der Waals surface area contributed by atoms with Crippen LogP contribution >= 0.6 is 0 Å². The molecule has 0 saturated carbocycles. The van der Waals surface area contributed by atoms with E-state index in [2.05, 4.69) is 13.8 Å². The van der Waals surface area contributed by atoms with Gasteiger partial charge >= 0.3 is 79.6 Å². The fraction of sp³-hybridized carbons (Fsp3) is 0.676. The van der Waals surface area contributed by atoms with E-state index in [0.29, 0.717) is 42.6 Å². The molecule has 2 fully saturated rings. The molecular formula is C34H53F3N2Na2O19S3. The van der Waals surface area contributed by atoms with E-state index in [1.165, 1.54) is 59.3 Å². The van der Waals surface area contributed by atoms with Crippen molar-refractivity contribution in [3.8, 4) is 0 Å². The summed E-state index contributed by atoms with van der Waals surface area (Å²) in [5.41, 5.74) is -4.87. The van der Waals surface area contributed by atoms with Crippen molar-refractivity contribution in [1.29, 1.82) is 0 Å². The molecule has 2 saturated heterocycles. The molecule has 0 aromatic carbocycles. The van der Waals surface area contributed by atoms with Crippen molar-refractivity contribution in [2.45, 2.75) is 109 Å². The molecule has 1 aromatic rings. The number of esters is 2. The van der Waals surface area contributed by atoms with Crippen LogP contribution in [0, 0.1) is 11.8 Å². The average Bonchev–Trinajstić information content (AvgIpc) is 3.67. The molecule has 29 heteroatoms. The molecule has 4 rings (SSSR count). The summed E-state index contributed by atoms with van der Waals surface area (Å²) in [4.78, 5) is 25.6. The standard InChI is InChI=1S/C16H25NO6.C16H24NO6.CHF3O3S.CH4.2Na.O4S2/c2*1-10(2)5-7-22-16(21)11-4-3-6-17(8-11)15-14(20)13(19)12(9-18)23-15;2-1(3,4)8(5,6)7;;;;1-5(2)6(3)4/h3,6,8,10,12-15,18-20H,4-5,7,9H2,1-2H3;3-4,6,8,10,12-15,18-20H,5,7,9H2,1-2H3;(H,5,6,7);1H4;;;/q;+1;;;;;/p-1/t2*12-,13+,14?,15-;;;;;/m11...../s1. The molecule has 6 N–H and O–H groups in total. The van der Waals surface area contributed by atoms with Crippen LogP contribution in [0.15, 0.2) is 48.6 Å². The Bertz CT molecular complexity index is 1950. The van der Waals surface area contributed by atoms with Gasteiger partial charge in [0.05, 0.1) is 32.0 Å². The number of carbonyl (C=O) groups is 2. The van der Waals surface area contributed by atoms with Gasteiger partial charge in [-0.15, -0.1) is 0 Å². The molecule has 3 aliphatic rings. The van der Waals surface area contributed by atoms with Crippen molar-refractivity contribution in [3.63, 3.8) is 0 Å². The fourth-order valence-electron chi connectivity index (χ4n) is 4.85. The summed E-state index contributed by atoms with van der Waals surface area (Å²) in [7, 11) is -12.0. The number of rotatable bonds is 12. The van der Waals surface area contributed by atoms with Crippen molar-refractivity contribution in [2.75, 3.05) is 26.4 Å². The van der Waals surface area contributed by atoms with Crippen LogP contribution in [0.5, 0.6) is 0 Å². The second-order valence-corrected chi connectivity index (χ2v) is 17.5. The van der Waals surface area contributed by atoms with E-state index in [-0.39, 0.29) is 14.0 Å². The van der Waals surface area contributed by atoms with Gasteiger partial charge in [-0.3, -0.25) is 0 Å². The summed E-state index contributed by atoms with van der Waals surface area (Å²) in [6.45, 7) is 8.13. The number of halogens is 3. The van der Waals surface area contributed by atoms with Crippen LogP contribution in [0.4, 0.5) is 13.2 Å². The number of hydrogen-bond acceptors (Lipinski definition) is 20. The van der Waals surface area contributed by atoms with Crippen LogP contribution in [0.2, 0.25) is 0 Å². The molecule has 0 radical (unpaired) electrons. The van der Waals surface area contributed by atoms with Crippen LogP contribution in [0.1, 0.15) is 71.0 Å². The Morgan fingerprint density at radius 3 is 1.76 bits per heavy atom. The Morgan fingerprint density at radius 1 is 0.889 bits per heavy atom. The van der Waals surface area contributed by atoms with Crippen LogP contribution in [-0.4, -0.2) is 196 Å². The third kappa shape index (κ3) is 22.6. The number of allylic oxidation sites excluding steroid dienone is 1. The van der Waals surface area contributed by atoms with Crippen LogP contribution < -0.4 is 4.57 Å². The van der Waals surface area contributed by atoms with Gasteiger partial charge in [-0.05, 0) is 30.7 Å². The topological polar surface area (TPSA) is 325 Å². The Kier molecular flexibility index (Phi) is 31.6. The van der Waals surface area contributed by atoms with Crippen molar-refractivity contribution in [2.24, 2.45) is 11.8 Å². The summed E-state index contributed by atoms with van der Waals surface area (Å²) < 4.78 is 118. The van der Waals surface area contributed by atoms with Crippen molar-refractivity contribution in [3.05, 3.63) is 54.1 Å². The van der Waals surface area contributed by atoms with Gasteiger partial charge in [0.25, 0.3) is 6.23 Å². The first-order chi connectivity index (χ1) is 28.8. The van der Waals surface area contributed by atoms with E-state index in [9.17, 15) is 43.2 Å². The molecule has 3 aliphatic heterocycles. The van der Waals surface area contributed by atoms with E-state index < -0.39 is 102 Å². The van der Waals surface area contributed by atoms with E-state index in [0.717, 1.165) is 12.8 Å². The Morgan fingerprint density at radius 2 is 1.35 bits per heavy atom. The maximum atomic E-state index is 12.1. The van der Waals surface area contributed by atoms with Gasteiger partial charge in [-0.2, -0.15) is 34.6 Å². The summed E-state index contributed by atoms with van der Waals surface area (Å²) in [5.74, 6) is 0.0550. The van der Waals surface area contributed by atoms with E-state index in [1.54, 1.807) is 36.8 Å². The van der Waals surface area contributed by atoms with Gasteiger partial charge < -0.3 is 59.0 Å². The number of aliphatic hydroxyl groups is 6. The number of nitrogens with zero attached hydrogens (tertiary/aromatic N) is 2. The second-order valence-electron chi connectivity index (χ2n) is 13.6. The summed E-state index contributed by atoms with van der Waals surface area (Å²) in [6, 6.07) is 3.24. The minimum atomic E-state index is -6.09. The first-order valence-electron chi connectivity index (χ1n) is 18.7. The molecule has 8 atom stereocenters. The average molecular weight is 993 g/mol. The van der Waals surface area contributed by atoms with Gasteiger partial charge in [-0.1, -0.05) is 41.2 Å². The summed E-state index contributed by atoms with van der Waals surface area (Å²) in [6.07, 6.45) is 1.97. The number of aliphatic hydroxyl groups excluding tert-OH is 6. The zero-order chi connectivity index (χ0) is 48.1. The monoisotopic (exact) mass is 992 g/mol. The van der Waals surface area contributed by atoms with Crippen molar-refractivity contribution >= 4 is 84.2 Å². The van der Waals surface area contributed by atoms with E-state index in [1.807, 2.05) is 13.8 Å². The first kappa shape index (κ1) is 63.5. The fourth-order valence-corrected chi connectivity index (χ4v) is 4.85. The summed E-state index contributed by atoms with van der Waals surface area (Å²) >= 11 is 2.89. The SMILES string of the molecule is C.CC(C)CCOC(=O)C1=CN([C@@H]2O[C@H](CO)[C@H](O)C2O)C=CC1.CC(C)CCOC(=O)c1ccc[n+]([C@@H]2O[C@H](CO)[C@H](O)C2O)c1.O=S(=O)([O-])C(F)(F)F.O=S(=O)=S(=O)=O.[Na][Na]. The molecule has 4 heterocycles. The van der Waals surface area contributed by atoms with E-state index >= 15 is 0 Å². The number of carbonyl (C=O) groups excluding carboxylic acids is 2. The molecule has 2 unspecified atom stereocenters. The van der Waals surface area contributed by atoms with Crippen molar-refractivity contribution in [1.82, 2.24) is 4.90 Å². The minimum absolute atomic E-state index is 0. The zero-order valence-electron chi connectivity index (χ0n) is 34.5. The number of aromatic nitrogens is 1. The van der Waals surface area contributed by atoms with Gasteiger partial charge in [0.1, 0.15) is 36.1 Å². The first-order valence-corrected chi connectivity index (χ1v) is 30.8. The van der Waals surface area contributed by atoms with Gasteiger partial charge in [0, 0.05) is 24.9 Å². The molecular weight excluding hydrogens is 940 g/mol. The Labute approximate surface area is 394 Å². The van der Waals surface area contributed by atoms with Crippen LogP contribution in [-0.2, 0) is 52.4 Å². The Balaban J connectivity index is 0. The normalized spacial score (nSPS) is 23.8. The molecule has 63 heavy (non-hydrogen) atoms. The Hall–Kier alpha value is -1.61. The molecule has 0 aliphatic carbocycles. The van der Waals surface area contributed by atoms with Crippen LogP contribution in [0.25, 0.3) is 0 Å². The molecule has 0 amide bonds. The number of hydrogen-bond donors (Lipinski definition) is 6. The van der Waals surface area contributed by atoms with Gasteiger partial charge in [0.2, 0.25) is 0 Å². The van der Waals surface area contributed by atoms with Gasteiger partial charge in [-0.25, -0.2) is 18.0 Å². The molecule has 1 aromatic heterocycles. The predicted molar refractivity (Wildman–Crippen MR) is 213 cm³/mol. The molecule has 354 valence electrons. The number of alkyl halides is 3. The van der Waals surface area contributed by atoms with Crippen molar-refractivity contribution < 1.29 is 107 Å². The number of pyridine rings is 1. The summed E-state index contributed by atoms with van der Waals surface area (Å²) in [5, 5.41) is 57.9. The third-order valence-corrected chi connectivity index (χ3v) is 9.57. The second kappa shape index (κ2) is 31.4. The predicted octanol–water partition coefficient (Wildman–Crippen LogP) is -1.51. The maximum absolute atomic E-state index is 12.1. The van der Waals surface area contributed by atoms with Gasteiger partial charge in [0.15, 0.2) is 34.8 Å². The van der Waals surface area contributed by atoms with E-state index in [4.69, 9.17) is 59.0 Å². The zero-order valence-corrected chi connectivity index (χ0v) is 41.0. The quantitative estimate of drug-likeness (QED) is 0.0456. The third-order valence-electron chi connectivity index (χ3n) is 8.11. The molecule has 21 nitrogen and oxygen atoms in total. The van der Waals surface area contributed by atoms with Crippen LogP contribution in [0.3, 0.4) is 0 Å². The molecule has 0 spiro atoms. The molecule has 0 bridgehead atoms.